The molecule has 0 saturated heterocycles. The van der Waals surface area contributed by atoms with E-state index < -0.39 is 0 Å². The van der Waals surface area contributed by atoms with Gasteiger partial charge in [-0.3, -0.25) is 4.79 Å². The quantitative estimate of drug-likeness (QED) is 0.744. The Morgan fingerprint density at radius 3 is 2.58 bits per heavy atom. The van der Waals surface area contributed by atoms with Crippen molar-refractivity contribution < 1.29 is 4.79 Å². The molecule has 3 rings (SSSR count). The van der Waals surface area contributed by atoms with Gasteiger partial charge in [-0.25, -0.2) is 4.68 Å². The molecule has 1 amide bonds. The van der Waals surface area contributed by atoms with E-state index in [1.807, 2.05) is 68.4 Å². The molecule has 26 heavy (non-hydrogen) atoms. The molecule has 0 aliphatic heterocycles. The summed E-state index contributed by atoms with van der Waals surface area (Å²) in [7, 11) is 3.99. The highest BCUT2D eigenvalue weighted by atomic mass is 35.5. The molecule has 0 aliphatic rings. The van der Waals surface area contributed by atoms with Crippen molar-refractivity contribution in [1.29, 1.82) is 0 Å². The van der Waals surface area contributed by atoms with Gasteiger partial charge in [0.1, 0.15) is 0 Å². The van der Waals surface area contributed by atoms with Gasteiger partial charge in [-0.2, -0.15) is 5.10 Å². The molecule has 3 aromatic rings. The van der Waals surface area contributed by atoms with Crippen LogP contribution in [-0.2, 0) is 6.54 Å². The number of nitrogens with zero attached hydrogens (tertiary/aromatic N) is 3. The van der Waals surface area contributed by atoms with Gasteiger partial charge in [0.2, 0.25) is 0 Å². The molecule has 5 nitrogen and oxygen atoms in total. The molecule has 0 radical (unpaired) electrons. The molecule has 1 N–H and O–H groups in total. The van der Waals surface area contributed by atoms with Gasteiger partial charge < -0.3 is 10.2 Å². The average molecular weight is 369 g/mol. The fourth-order valence-corrected chi connectivity index (χ4v) is 2.87. The van der Waals surface area contributed by atoms with E-state index in [1.54, 1.807) is 16.9 Å². The van der Waals surface area contributed by atoms with Crippen LogP contribution >= 0.6 is 11.6 Å². The SMILES string of the molecule is Cc1c(C(=O)NCc2ccc(N(C)C)cc2)cnn1-c1cccc(Cl)c1. The van der Waals surface area contributed by atoms with Gasteiger partial charge in [0.15, 0.2) is 0 Å². The van der Waals surface area contributed by atoms with Crippen molar-refractivity contribution in [3.05, 3.63) is 76.6 Å². The molecule has 0 saturated carbocycles. The lowest BCUT2D eigenvalue weighted by Gasteiger charge is -2.13. The van der Waals surface area contributed by atoms with Crippen LogP contribution < -0.4 is 10.2 Å². The van der Waals surface area contributed by atoms with E-state index in [1.165, 1.54) is 0 Å². The van der Waals surface area contributed by atoms with Gasteiger partial charge in [0.05, 0.1) is 23.1 Å². The van der Waals surface area contributed by atoms with Crippen LogP contribution in [0.15, 0.2) is 54.7 Å². The van der Waals surface area contributed by atoms with Gasteiger partial charge in [-0.1, -0.05) is 29.8 Å². The fourth-order valence-electron chi connectivity index (χ4n) is 2.69. The number of hydrogen-bond donors (Lipinski definition) is 1. The van der Waals surface area contributed by atoms with Crippen molar-refractivity contribution >= 4 is 23.2 Å². The Morgan fingerprint density at radius 2 is 1.92 bits per heavy atom. The second-order valence-electron chi connectivity index (χ2n) is 6.28. The summed E-state index contributed by atoms with van der Waals surface area (Å²) in [5.74, 6) is -0.146. The van der Waals surface area contributed by atoms with Gasteiger partial charge in [-0.15, -0.1) is 0 Å². The topological polar surface area (TPSA) is 50.2 Å². The average Bonchev–Trinajstić information content (AvgIpc) is 3.01. The second-order valence-corrected chi connectivity index (χ2v) is 6.72. The number of nitrogens with one attached hydrogen (secondary N) is 1. The standard InChI is InChI=1S/C20H21ClN4O/c1-14-19(13-23-25(14)18-6-4-5-16(21)11-18)20(26)22-12-15-7-9-17(10-8-15)24(2)3/h4-11,13H,12H2,1-3H3,(H,22,26). The monoisotopic (exact) mass is 368 g/mol. The van der Waals surface area contributed by atoms with Gasteiger partial charge in [0, 0.05) is 31.4 Å². The van der Waals surface area contributed by atoms with Crippen molar-refractivity contribution in [3.8, 4) is 5.69 Å². The lowest BCUT2D eigenvalue weighted by molar-refractivity contribution is 0.0950. The first-order chi connectivity index (χ1) is 12.5. The molecular formula is C20H21ClN4O. The minimum absolute atomic E-state index is 0.146. The van der Waals surface area contributed by atoms with E-state index in [9.17, 15) is 4.79 Å². The Labute approximate surface area is 158 Å². The van der Waals surface area contributed by atoms with Crippen molar-refractivity contribution in [3.63, 3.8) is 0 Å². The first kappa shape index (κ1) is 18.0. The third-order valence-corrected chi connectivity index (χ3v) is 4.45. The summed E-state index contributed by atoms with van der Waals surface area (Å²) in [6, 6.07) is 15.5. The summed E-state index contributed by atoms with van der Waals surface area (Å²) in [5, 5.41) is 7.90. The zero-order valence-corrected chi connectivity index (χ0v) is 15.8. The van der Waals surface area contributed by atoms with Crippen molar-refractivity contribution in [1.82, 2.24) is 15.1 Å². The smallest absolute Gasteiger partial charge is 0.255 e. The predicted molar refractivity (Wildman–Crippen MR) is 105 cm³/mol. The van der Waals surface area contributed by atoms with Crippen LogP contribution in [0.4, 0.5) is 5.69 Å². The Hall–Kier alpha value is -2.79. The lowest BCUT2D eigenvalue weighted by atomic mass is 10.2. The van der Waals surface area contributed by atoms with E-state index >= 15 is 0 Å². The van der Waals surface area contributed by atoms with Crippen LogP contribution in [0.3, 0.4) is 0 Å². The van der Waals surface area contributed by atoms with Crippen molar-refractivity contribution in [2.45, 2.75) is 13.5 Å². The van der Waals surface area contributed by atoms with Gasteiger partial charge in [-0.05, 0) is 42.8 Å². The van der Waals surface area contributed by atoms with Crippen LogP contribution in [-0.4, -0.2) is 29.8 Å². The molecule has 0 spiro atoms. The number of benzene rings is 2. The Balaban J connectivity index is 1.70. The highest BCUT2D eigenvalue weighted by molar-refractivity contribution is 6.30. The van der Waals surface area contributed by atoms with E-state index in [0.717, 1.165) is 22.6 Å². The van der Waals surface area contributed by atoms with E-state index in [2.05, 4.69) is 10.4 Å². The minimum Gasteiger partial charge on any atom is -0.378 e. The lowest BCUT2D eigenvalue weighted by Crippen LogP contribution is -2.23. The number of amides is 1. The second kappa shape index (κ2) is 7.62. The van der Waals surface area contributed by atoms with E-state index in [-0.39, 0.29) is 5.91 Å². The van der Waals surface area contributed by atoms with Crippen LogP contribution in [0.25, 0.3) is 5.69 Å². The largest absolute Gasteiger partial charge is 0.378 e. The first-order valence-corrected chi connectivity index (χ1v) is 8.68. The van der Waals surface area contributed by atoms with Crippen LogP contribution in [0, 0.1) is 6.92 Å². The molecule has 0 aliphatic carbocycles. The molecule has 1 aromatic heterocycles. The number of halogens is 1. The van der Waals surface area contributed by atoms with Crippen LogP contribution in [0.2, 0.25) is 5.02 Å². The number of carbonyl (C=O) groups excluding carboxylic acids is 1. The summed E-state index contributed by atoms with van der Waals surface area (Å²) >= 11 is 6.04. The molecule has 2 aromatic carbocycles. The molecule has 1 heterocycles. The van der Waals surface area contributed by atoms with Crippen molar-refractivity contribution in [2.24, 2.45) is 0 Å². The predicted octanol–water partition coefficient (Wildman–Crippen LogP) is 3.83. The summed E-state index contributed by atoms with van der Waals surface area (Å²) in [6.07, 6.45) is 1.58. The van der Waals surface area contributed by atoms with Crippen LogP contribution in [0.1, 0.15) is 21.6 Å². The number of aromatic nitrogens is 2. The molecule has 6 heteroatoms. The summed E-state index contributed by atoms with van der Waals surface area (Å²) in [5.41, 5.74) is 4.32. The maximum Gasteiger partial charge on any atom is 0.255 e. The minimum atomic E-state index is -0.146. The molecule has 134 valence electrons. The third kappa shape index (κ3) is 3.89. The molecular weight excluding hydrogens is 348 g/mol. The Bertz CT molecular complexity index is 916. The zero-order valence-electron chi connectivity index (χ0n) is 15.0. The maximum absolute atomic E-state index is 12.5. The molecule has 0 atom stereocenters. The van der Waals surface area contributed by atoms with Gasteiger partial charge >= 0.3 is 0 Å². The first-order valence-electron chi connectivity index (χ1n) is 8.31. The van der Waals surface area contributed by atoms with Crippen LogP contribution in [0.5, 0.6) is 0 Å². The normalized spacial score (nSPS) is 10.6. The Morgan fingerprint density at radius 1 is 1.19 bits per heavy atom. The highest BCUT2D eigenvalue weighted by Gasteiger charge is 2.15. The number of hydrogen-bond acceptors (Lipinski definition) is 3. The summed E-state index contributed by atoms with van der Waals surface area (Å²) in [6.45, 7) is 2.34. The summed E-state index contributed by atoms with van der Waals surface area (Å²) < 4.78 is 1.71. The number of anilines is 1. The molecule has 0 bridgehead atoms. The Kier molecular flexibility index (Phi) is 5.28. The maximum atomic E-state index is 12.5. The van der Waals surface area contributed by atoms with E-state index in [0.29, 0.717) is 17.1 Å². The highest BCUT2D eigenvalue weighted by Crippen LogP contribution is 2.18. The molecule has 0 unspecified atom stereocenters. The molecule has 0 fully saturated rings. The number of rotatable bonds is 5. The van der Waals surface area contributed by atoms with E-state index in [4.69, 9.17) is 11.6 Å². The van der Waals surface area contributed by atoms with Crippen molar-refractivity contribution in [2.75, 3.05) is 19.0 Å². The van der Waals surface area contributed by atoms with Gasteiger partial charge in [0.25, 0.3) is 5.91 Å². The fraction of sp³-hybridized carbons (Fsp3) is 0.200. The number of carbonyl (C=O) groups is 1. The summed E-state index contributed by atoms with van der Waals surface area (Å²) in [4.78, 5) is 14.6. The third-order valence-electron chi connectivity index (χ3n) is 4.21. The zero-order chi connectivity index (χ0) is 18.7.